The summed E-state index contributed by atoms with van der Waals surface area (Å²) in [4.78, 5) is 12.4. The van der Waals surface area contributed by atoms with Gasteiger partial charge in [-0.15, -0.1) is 0 Å². The zero-order chi connectivity index (χ0) is 19.3. The van der Waals surface area contributed by atoms with Crippen LogP contribution in [0, 0.1) is 0 Å². The highest BCUT2D eigenvalue weighted by Gasteiger charge is 2.08. The van der Waals surface area contributed by atoms with Crippen LogP contribution in [-0.4, -0.2) is 19.2 Å². The smallest absolute Gasteiger partial charge is 0.244 e. The summed E-state index contributed by atoms with van der Waals surface area (Å²) in [5, 5.41) is 8.49. The summed E-state index contributed by atoms with van der Waals surface area (Å²) in [7, 11) is 1.63. The molecule has 0 bridgehead atoms. The van der Waals surface area contributed by atoms with E-state index in [4.69, 9.17) is 4.74 Å². The predicted molar refractivity (Wildman–Crippen MR) is 114 cm³/mol. The number of carbonyl (C=O) groups is 1. The summed E-state index contributed by atoms with van der Waals surface area (Å²) in [6.07, 6.45) is 1.91. The van der Waals surface area contributed by atoms with E-state index in [9.17, 15) is 4.79 Å². The molecule has 4 heteroatoms. The third-order valence-electron chi connectivity index (χ3n) is 4.76. The van der Waals surface area contributed by atoms with Gasteiger partial charge in [-0.2, -0.15) is 5.10 Å². The van der Waals surface area contributed by atoms with Gasteiger partial charge < -0.3 is 4.74 Å². The number of nitrogens with one attached hydrogen (secondary N) is 1. The molecular formula is C24H20N2O2. The van der Waals surface area contributed by atoms with Gasteiger partial charge in [-0.25, -0.2) is 5.43 Å². The minimum absolute atomic E-state index is 0.160. The lowest BCUT2D eigenvalue weighted by Crippen LogP contribution is -2.20. The van der Waals surface area contributed by atoms with Gasteiger partial charge in [-0.05, 0) is 33.2 Å². The van der Waals surface area contributed by atoms with Gasteiger partial charge >= 0.3 is 0 Å². The van der Waals surface area contributed by atoms with Crippen molar-refractivity contribution in [3.8, 4) is 5.75 Å². The molecule has 4 aromatic rings. The molecule has 4 nitrogen and oxygen atoms in total. The fourth-order valence-electron chi connectivity index (χ4n) is 3.41. The Kier molecular flexibility index (Phi) is 5.02. The van der Waals surface area contributed by atoms with Crippen LogP contribution in [-0.2, 0) is 11.2 Å². The first kappa shape index (κ1) is 17.7. The Morgan fingerprint density at radius 2 is 1.57 bits per heavy atom. The molecular weight excluding hydrogens is 348 g/mol. The standard InChI is InChI=1S/C24H20N2O2/c1-28-23-14-13-18-8-3-5-12-21(18)22(23)16-25-26-24(27)15-19-10-6-9-17-7-2-4-11-20(17)19/h2-14,16H,15H2,1H3,(H,26,27)/b25-16-. The number of hydrogen-bond donors (Lipinski definition) is 1. The molecule has 0 aromatic heterocycles. The van der Waals surface area contributed by atoms with Crippen LogP contribution in [0.15, 0.2) is 84.0 Å². The second-order valence-corrected chi connectivity index (χ2v) is 6.51. The number of amides is 1. The molecule has 0 radical (unpaired) electrons. The lowest BCUT2D eigenvalue weighted by atomic mass is 10.0. The number of nitrogens with zero attached hydrogens (tertiary/aromatic N) is 1. The number of fused-ring (bicyclic) bond motifs is 2. The van der Waals surface area contributed by atoms with Crippen LogP contribution in [0.3, 0.4) is 0 Å². The predicted octanol–water partition coefficient (Wildman–Crippen LogP) is 4.69. The number of rotatable bonds is 5. The highest BCUT2D eigenvalue weighted by Crippen LogP contribution is 2.26. The topological polar surface area (TPSA) is 50.7 Å². The molecule has 0 heterocycles. The normalized spacial score (nSPS) is 11.2. The quantitative estimate of drug-likeness (QED) is 0.410. The number of hydrogen-bond acceptors (Lipinski definition) is 3. The maximum absolute atomic E-state index is 12.4. The van der Waals surface area contributed by atoms with Gasteiger partial charge in [0.1, 0.15) is 5.75 Å². The van der Waals surface area contributed by atoms with Gasteiger partial charge in [0.15, 0.2) is 0 Å². The minimum Gasteiger partial charge on any atom is -0.496 e. The summed E-state index contributed by atoms with van der Waals surface area (Å²) < 4.78 is 5.45. The second kappa shape index (κ2) is 7.92. The van der Waals surface area contributed by atoms with Crippen molar-refractivity contribution < 1.29 is 9.53 Å². The second-order valence-electron chi connectivity index (χ2n) is 6.51. The van der Waals surface area contributed by atoms with E-state index >= 15 is 0 Å². The minimum atomic E-state index is -0.160. The van der Waals surface area contributed by atoms with Crippen LogP contribution in [0.2, 0.25) is 0 Å². The fraction of sp³-hybridized carbons (Fsp3) is 0.0833. The first-order valence-corrected chi connectivity index (χ1v) is 9.10. The van der Waals surface area contributed by atoms with E-state index in [1.54, 1.807) is 13.3 Å². The third kappa shape index (κ3) is 3.58. The van der Waals surface area contributed by atoms with Crippen molar-refractivity contribution in [1.29, 1.82) is 0 Å². The summed E-state index contributed by atoms with van der Waals surface area (Å²) in [6, 6.07) is 25.9. The van der Waals surface area contributed by atoms with E-state index in [2.05, 4.69) is 10.5 Å². The van der Waals surface area contributed by atoms with Gasteiger partial charge in [-0.1, -0.05) is 72.8 Å². The average molecular weight is 368 g/mol. The molecule has 0 saturated carbocycles. The Hall–Kier alpha value is -3.66. The van der Waals surface area contributed by atoms with Crippen LogP contribution in [0.5, 0.6) is 5.75 Å². The molecule has 0 aliphatic carbocycles. The molecule has 28 heavy (non-hydrogen) atoms. The van der Waals surface area contributed by atoms with Crippen LogP contribution in [0.1, 0.15) is 11.1 Å². The van der Waals surface area contributed by atoms with Crippen molar-refractivity contribution in [2.45, 2.75) is 6.42 Å². The first-order chi connectivity index (χ1) is 13.8. The third-order valence-corrected chi connectivity index (χ3v) is 4.76. The monoisotopic (exact) mass is 368 g/mol. The maximum atomic E-state index is 12.4. The van der Waals surface area contributed by atoms with Crippen LogP contribution in [0.25, 0.3) is 21.5 Å². The van der Waals surface area contributed by atoms with Crippen molar-refractivity contribution >= 4 is 33.7 Å². The summed E-state index contributed by atoms with van der Waals surface area (Å²) >= 11 is 0. The summed E-state index contributed by atoms with van der Waals surface area (Å²) in [6.45, 7) is 0. The SMILES string of the molecule is COc1ccc2ccccc2c1/C=N\NC(=O)Cc1cccc2ccccc12. The Bertz CT molecular complexity index is 1180. The Morgan fingerprint density at radius 3 is 2.36 bits per heavy atom. The summed E-state index contributed by atoms with van der Waals surface area (Å²) in [5.74, 6) is 0.553. The fourth-order valence-corrected chi connectivity index (χ4v) is 3.41. The molecule has 138 valence electrons. The molecule has 0 atom stereocenters. The van der Waals surface area contributed by atoms with Gasteiger partial charge in [0, 0.05) is 5.56 Å². The molecule has 1 N–H and O–H groups in total. The van der Waals surface area contributed by atoms with E-state index in [0.29, 0.717) is 5.75 Å². The van der Waals surface area contributed by atoms with Crippen molar-refractivity contribution in [2.75, 3.05) is 7.11 Å². The highest BCUT2D eigenvalue weighted by molar-refractivity contribution is 6.02. The maximum Gasteiger partial charge on any atom is 0.244 e. The van der Waals surface area contributed by atoms with Crippen LogP contribution in [0.4, 0.5) is 0 Å². The van der Waals surface area contributed by atoms with Crippen LogP contribution < -0.4 is 10.2 Å². The molecule has 0 spiro atoms. The average Bonchev–Trinajstić information content (AvgIpc) is 2.74. The molecule has 4 aromatic carbocycles. The largest absolute Gasteiger partial charge is 0.496 e. The number of methoxy groups -OCH3 is 1. The highest BCUT2D eigenvalue weighted by atomic mass is 16.5. The lowest BCUT2D eigenvalue weighted by Gasteiger charge is -2.08. The Morgan fingerprint density at radius 1 is 0.893 bits per heavy atom. The van der Waals surface area contributed by atoms with Crippen molar-refractivity contribution in [3.05, 3.63) is 90.0 Å². The van der Waals surface area contributed by atoms with E-state index in [1.165, 1.54) is 0 Å². The van der Waals surface area contributed by atoms with E-state index in [-0.39, 0.29) is 12.3 Å². The number of ether oxygens (including phenoxy) is 1. The molecule has 0 fully saturated rings. The Labute approximate surface area is 163 Å². The van der Waals surface area contributed by atoms with E-state index < -0.39 is 0 Å². The van der Waals surface area contributed by atoms with Crippen LogP contribution >= 0.6 is 0 Å². The molecule has 0 saturated heterocycles. The summed E-state index contributed by atoms with van der Waals surface area (Å²) in [5.41, 5.74) is 4.45. The van der Waals surface area contributed by atoms with Crippen molar-refractivity contribution in [1.82, 2.24) is 5.43 Å². The van der Waals surface area contributed by atoms with Crippen molar-refractivity contribution in [2.24, 2.45) is 5.10 Å². The molecule has 1 amide bonds. The van der Waals surface area contributed by atoms with Gasteiger partial charge in [0.05, 0.1) is 19.7 Å². The Balaban J connectivity index is 1.54. The number of benzene rings is 4. The molecule has 0 aliphatic heterocycles. The van der Waals surface area contributed by atoms with Crippen molar-refractivity contribution in [3.63, 3.8) is 0 Å². The zero-order valence-electron chi connectivity index (χ0n) is 15.6. The van der Waals surface area contributed by atoms with Gasteiger partial charge in [-0.3, -0.25) is 4.79 Å². The number of carbonyl (C=O) groups excluding carboxylic acids is 1. The first-order valence-electron chi connectivity index (χ1n) is 9.10. The molecule has 0 unspecified atom stereocenters. The van der Waals surface area contributed by atoms with E-state index in [0.717, 1.165) is 32.7 Å². The van der Waals surface area contributed by atoms with Gasteiger partial charge in [0.2, 0.25) is 5.91 Å². The zero-order valence-corrected chi connectivity index (χ0v) is 15.6. The molecule has 0 aliphatic rings. The lowest BCUT2D eigenvalue weighted by molar-refractivity contribution is -0.120. The number of hydrazone groups is 1. The molecule has 4 rings (SSSR count). The van der Waals surface area contributed by atoms with Gasteiger partial charge in [0.25, 0.3) is 0 Å². The van der Waals surface area contributed by atoms with E-state index in [1.807, 2.05) is 78.9 Å².